The lowest BCUT2D eigenvalue weighted by molar-refractivity contribution is 0.122. The summed E-state index contributed by atoms with van der Waals surface area (Å²) in [7, 11) is 1.72. The summed E-state index contributed by atoms with van der Waals surface area (Å²) in [6.45, 7) is 6.31. The lowest BCUT2D eigenvalue weighted by Gasteiger charge is -2.29. The van der Waals surface area contributed by atoms with Crippen LogP contribution in [-0.4, -0.2) is 46.1 Å². The first kappa shape index (κ1) is 14.6. The van der Waals surface area contributed by atoms with Gasteiger partial charge in [0.15, 0.2) is 0 Å². The van der Waals surface area contributed by atoms with Crippen LogP contribution < -0.4 is 10.2 Å². The van der Waals surface area contributed by atoms with E-state index in [1.165, 1.54) is 5.69 Å². The molecule has 4 nitrogen and oxygen atoms in total. The van der Waals surface area contributed by atoms with Crippen molar-refractivity contribution in [2.75, 3.05) is 50.2 Å². The zero-order valence-corrected chi connectivity index (χ0v) is 13.1. The summed E-state index contributed by atoms with van der Waals surface area (Å²) < 4.78 is 11.6. The molecule has 1 N–H and O–H groups in total. The standard InChI is InChI=1S/C14H21BrN2O2/c1-11(10-18-2)16-14-9-12(3-4-13(14)15)17-5-7-19-8-6-17/h3-4,9,11,16H,5-8,10H2,1-2H3. The van der Waals surface area contributed by atoms with Gasteiger partial charge in [-0.1, -0.05) is 0 Å². The number of hydrogen-bond acceptors (Lipinski definition) is 4. The van der Waals surface area contributed by atoms with Crippen LogP contribution in [0.25, 0.3) is 0 Å². The summed E-state index contributed by atoms with van der Waals surface area (Å²) in [6, 6.07) is 6.69. The maximum absolute atomic E-state index is 5.39. The normalized spacial score (nSPS) is 17.3. The molecule has 0 amide bonds. The smallest absolute Gasteiger partial charge is 0.0661 e. The molecule has 1 aliphatic heterocycles. The summed E-state index contributed by atoms with van der Waals surface area (Å²) >= 11 is 3.59. The molecule has 0 radical (unpaired) electrons. The third kappa shape index (κ3) is 4.09. The fourth-order valence-electron chi connectivity index (χ4n) is 2.20. The van der Waals surface area contributed by atoms with Gasteiger partial charge in [-0.3, -0.25) is 0 Å². The summed E-state index contributed by atoms with van der Waals surface area (Å²) in [5.74, 6) is 0. The molecular weight excluding hydrogens is 308 g/mol. The fraction of sp³-hybridized carbons (Fsp3) is 0.571. The summed E-state index contributed by atoms with van der Waals surface area (Å²) in [4.78, 5) is 2.35. The first-order valence-corrected chi connectivity index (χ1v) is 7.37. The molecule has 0 spiro atoms. The maximum atomic E-state index is 5.39. The van der Waals surface area contributed by atoms with Gasteiger partial charge in [0.25, 0.3) is 0 Å². The molecule has 1 saturated heterocycles. The molecule has 0 bridgehead atoms. The SMILES string of the molecule is COCC(C)Nc1cc(N2CCOCC2)ccc1Br. The number of halogens is 1. The van der Waals surface area contributed by atoms with Gasteiger partial charge in [0.2, 0.25) is 0 Å². The lowest BCUT2D eigenvalue weighted by Crippen LogP contribution is -2.36. The first-order chi connectivity index (χ1) is 9.20. The van der Waals surface area contributed by atoms with E-state index < -0.39 is 0 Å². The highest BCUT2D eigenvalue weighted by atomic mass is 79.9. The number of ether oxygens (including phenoxy) is 2. The van der Waals surface area contributed by atoms with Crippen molar-refractivity contribution >= 4 is 27.3 Å². The molecule has 1 atom stereocenters. The number of nitrogens with one attached hydrogen (secondary N) is 1. The molecular formula is C14H21BrN2O2. The minimum atomic E-state index is 0.279. The number of anilines is 2. The van der Waals surface area contributed by atoms with Gasteiger partial charge in [0.1, 0.15) is 0 Å². The second-order valence-electron chi connectivity index (χ2n) is 4.76. The van der Waals surface area contributed by atoms with Crippen molar-refractivity contribution in [3.05, 3.63) is 22.7 Å². The van der Waals surface area contributed by atoms with E-state index in [1.54, 1.807) is 7.11 Å². The van der Waals surface area contributed by atoms with E-state index in [9.17, 15) is 0 Å². The molecule has 19 heavy (non-hydrogen) atoms. The van der Waals surface area contributed by atoms with E-state index in [0.717, 1.165) is 36.5 Å². The topological polar surface area (TPSA) is 33.7 Å². The number of rotatable bonds is 5. The number of hydrogen-bond donors (Lipinski definition) is 1. The first-order valence-electron chi connectivity index (χ1n) is 6.58. The molecule has 1 unspecified atom stereocenters. The third-order valence-electron chi connectivity index (χ3n) is 3.14. The Kier molecular flexibility index (Phi) is 5.48. The Hall–Kier alpha value is -0.780. The Balaban J connectivity index is 2.09. The van der Waals surface area contributed by atoms with Gasteiger partial charge in [-0.25, -0.2) is 0 Å². The van der Waals surface area contributed by atoms with Gasteiger partial charge >= 0.3 is 0 Å². The van der Waals surface area contributed by atoms with E-state index >= 15 is 0 Å². The molecule has 1 aromatic rings. The van der Waals surface area contributed by atoms with E-state index in [2.05, 4.69) is 51.3 Å². The van der Waals surface area contributed by atoms with Crippen molar-refractivity contribution in [2.45, 2.75) is 13.0 Å². The fourth-order valence-corrected chi connectivity index (χ4v) is 2.56. The number of morpholine rings is 1. The Bertz CT molecular complexity index is 408. The number of benzene rings is 1. The Morgan fingerprint density at radius 3 is 2.84 bits per heavy atom. The van der Waals surface area contributed by atoms with Crippen molar-refractivity contribution in [3.63, 3.8) is 0 Å². The molecule has 106 valence electrons. The van der Waals surface area contributed by atoms with Crippen LogP contribution in [0.1, 0.15) is 6.92 Å². The molecule has 1 fully saturated rings. The predicted octanol–water partition coefficient (Wildman–Crippen LogP) is 2.73. The molecule has 0 saturated carbocycles. The van der Waals surface area contributed by atoms with Crippen LogP contribution in [0.5, 0.6) is 0 Å². The average molecular weight is 329 g/mol. The van der Waals surface area contributed by atoms with Crippen LogP contribution in [0, 0.1) is 0 Å². The van der Waals surface area contributed by atoms with E-state index in [4.69, 9.17) is 9.47 Å². The summed E-state index contributed by atoms with van der Waals surface area (Å²) in [6.07, 6.45) is 0. The van der Waals surface area contributed by atoms with E-state index in [1.807, 2.05) is 0 Å². The predicted molar refractivity (Wildman–Crippen MR) is 82.1 cm³/mol. The zero-order chi connectivity index (χ0) is 13.7. The van der Waals surface area contributed by atoms with Crippen molar-refractivity contribution in [2.24, 2.45) is 0 Å². The minimum Gasteiger partial charge on any atom is -0.383 e. The molecule has 1 heterocycles. The second-order valence-corrected chi connectivity index (χ2v) is 5.62. The highest BCUT2D eigenvalue weighted by molar-refractivity contribution is 9.10. The van der Waals surface area contributed by atoms with Crippen molar-refractivity contribution in [1.29, 1.82) is 0 Å². The summed E-state index contributed by atoms with van der Waals surface area (Å²) in [5, 5.41) is 3.46. The van der Waals surface area contributed by atoms with Gasteiger partial charge < -0.3 is 19.7 Å². The van der Waals surface area contributed by atoms with Gasteiger partial charge in [-0.2, -0.15) is 0 Å². The van der Waals surface area contributed by atoms with Crippen LogP contribution in [-0.2, 0) is 9.47 Å². The maximum Gasteiger partial charge on any atom is 0.0661 e. The van der Waals surface area contributed by atoms with Crippen LogP contribution in [0.15, 0.2) is 22.7 Å². The van der Waals surface area contributed by atoms with Crippen molar-refractivity contribution in [1.82, 2.24) is 0 Å². The molecule has 5 heteroatoms. The van der Waals surface area contributed by atoms with Gasteiger partial charge in [-0.15, -0.1) is 0 Å². The van der Waals surface area contributed by atoms with Gasteiger partial charge in [0, 0.05) is 36.4 Å². The quantitative estimate of drug-likeness (QED) is 0.901. The molecule has 2 rings (SSSR count). The lowest BCUT2D eigenvalue weighted by atomic mass is 10.2. The molecule has 1 aromatic carbocycles. The zero-order valence-electron chi connectivity index (χ0n) is 11.5. The van der Waals surface area contributed by atoms with Crippen molar-refractivity contribution < 1.29 is 9.47 Å². The largest absolute Gasteiger partial charge is 0.383 e. The number of methoxy groups -OCH3 is 1. The van der Waals surface area contributed by atoms with Crippen LogP contribution in [0.4, 0.5) is 11.4 Å². The Labute approximate surface area is 123 Å². The van der Waals surface area contributed by atoms with E-state index in [-0.39, 0.29) is 6.04 Å². The Morgan fingerprint density at radius 1 is 1.42 bits per heavy atom. The summed E-state index contributed by atoms with van der Waals surface area (Å²) in [5.41, 5.74) is 2.34. The van der Waals surface area contributed by atoms with Crippen molar-refractivity contribution in [3.8, 4) is 0 Å². The monoisotopic (exact) mass is 328 g/mol. The molecule has 0 aromatic heterocycles. The van der Waals surface area contributed by atoms with Gasteiger partial charge in [-0.05, 0) is 41.1 Å². The molecule has 1 aliphatic rings. The third-order valence-corrected chi connectivity index (χ3v) is 3.84. The van der Waals surface area contributed by atoms with Crippen LogP contribution >= 0.6 is 15.9 Å². The minimum absolute atomic E-state index is 0.279. The average Bonchev–Trinajstić information content (AvgIpc) is 2.42. The van der Waals surface area contributed by atoms with Crippen LogP contribution in [0.3, 0.4) is 0 Å². The van der Waals surface area contributed by atoms with Gasteiger partial charge in [0.05, 0.1) is 25.5 Å². The second kappa shape index (κ2) is 7.12. The number of nitrogens with zero attached hydrogens (tertiary/aromatic N) is 1. The highest BCUT2D eigenvalue weighted by Gasteiger charge is 2.13. The Morgan fingerprint density at radius 2 is 2.16 bits per heavy atom. The highest BCUT2D eigenvalue weighted by Crippen LogP contribution is 2.29. The van der Waals surface area contributed by atoms with E-state index in [0.29, 0.717) is 6.61 Å². The van der Waals surface area contributed by atoms with Crippen LogP contribution in [0.2, 0.25) is 0 Å². The molecule has 0 aliphatic carbocycles.